The molecule has 0 aliphatic carbocycles. The molecular weight excluding hydrogens is 188 g/mol. The van der Waals surface area contributed by atoms with Crippen LogP contribution in [0.15, 0.2) is 0 Å². The molecule has 2 nitrogen and oxygen atoms in total. The second-order valence-corrected chi connectivity index (χ2v) is 3.96. The van der Waals surface area contributed by atoms with Gasteiger partial charge in [-0.2, -0.15) is 0 Å². The van der Waals surface area contributed by atoms with E-state index in [9.17, 15) is 4.79 Å². The Morgan fingerprint density at radius 1 is 1.38 bits per heavy atom. The van der Waals surface area contributed by atoms with E-state index in [2.05, 4.69) is 0 Å². The van der Waals surface area contributed by atoms with E-state index in [4.69, 9.17) is 16.3 Å². The fourth-order valence-electron chi connectivity index (χ4n) is 1.18. The molecule has 13 heavy (non-hydrogen) atoms. The van der Waals surface area contributed by atoms with Crippen molar-refractivity contribution in [3.8, 4) is 0 Å². The summed E-state index contributed by atoms with van der Waals surface area (Å²) in [6, 6.07) is 0. The SMILES string of the molecule is CCOC(=O)C(CC)CCC(C)Cl. The molecular formula is C10H19ClO2. The van der Waals surface area contributed by atoms with Crippen molar-refractivity contribution in [1.82, 2.24) is 0 Å². The molecule has 78 valence electrons. The highest BCUT2D eigenvalue weighted by Crippen LogP contribution is 2.16. The van der Waals surface area contributed by atoms with Gasteiger partial charge >= 0.3 is 5.97 Å². The zero-order chi connectivity index (χ0) is 10.3. The maximum atomic E-state index is 11.3. The highest BCUT2D eigenvalue weighted by atomic mass is 35.5. The Labute approximate surface area is 85.6 Å². The highest BCUT2D eigenvalue weighted by molar-refractivity contribution is 6.20. The first kappa shape index (κ1) is 12.8. The van der Waals surface area contributed by atoms with E-state index >= 15 is 0 Å². The molecule has 0 radical (unpaired) electrons. The topological polar surface area (TPSA) is 26.3 Å². The molecule has 0 aliphatic rings. The van der Waals surface area contributed by atoms with E-state index in [1.54, 1.807) is 0 Å². The van der Waals surface area contributed by atoms with Crippen molar-refractivity contribution in [2.45, 2.75) is 45.4 Å². The predicted molar refractivity (Wildman–Crippen MR) is 55.0 cm³/mol. The third kappa shape index (κ3) is 5.92. The summed E-state index contributed by atoms with van der Waals surface area (Å²) >= 11 is 5.81. The van der Waals surface area contributed by atoms with Crippen molar-refractivity contribution in [1.29, 1.82) is 0 Å². The summed E-state index contributed by atoms with van der Waals surface area (Å²) in [6.45, 7) is 6.24. The van der Waals surface area contributed by atoms with Crippen LogP contribution in [0.5, 0.6) is 0 Å². The van der Waals surface area contributed by atoms with E-state index < -0.39 is 0 Å². The van der Waals surface area contributed by atoms with Gasteiger partial charge in [0, 0.05) is 5.38 Å². The smallest absolute Gasteiger partial charge is 0.308 e. The number of hydrogen-bond acceptors (Lipinski definition) is 2. The molecule has 3 heteroatoms. The van der Waals surface area contributed by atoms with Gasteiger partial charge in [0.2, 0.25) is 0 Å². The average molecular weight is 207 g/mol. The van der Waals surface area contributed by atoms with E-state index in [1.807, 2.05) is 20.8 Å². The van der Waals surface area contributed by atoms with Gasteiger partial charge in [-0.3, -0.25) is 4.79 Å². The van der Waals surface area contributed by atoms with Crippen LogP contribution in [0.2, 0.25) is 0 Å². The second-order valence-electron chi connectivity index (χ2n) is 3.22. The number of carbonyl (C=O) groups is 1. The summed E-state index contributed by atoms with van der Waals surface area (Å²) in [6.07, 6.45) is 2.54. The molecule has 0 fully saturated rings. The first-order valence-corrected chi connectivity index (χ1v) is 5.36. The van der Waals surface area contributed by atoms with Crippen LogP contribution in [0.4, 0.5) is 0 Å². The van der Waals surface area contributed by atoms with Crippen LogP contribution in [0.25, 0.3) is 0 Å². The minimum atomic E-state index is -0.0812. The first-order chi connectivity index (χ1) is 6.11. The summed E-state index contributed by atoms with van der Waals surface area (Å²) in [5, 5.41) is 0.142. The van der Waals surface area contributed by atoms with Crippen molar-refractivity contribution in [2.75, 3.05) is 6.61 Å². The van der Waals surface area contributed by atoms with Crippen LogP contribution in [0.1, 0.15) is 40.0 Å². The van der Waals surface area contributed by atoms with Crippen molar-refractivity contribution in [3.05, 3.63) is 0 Å². The third-order valence-electron chi connectivity index (χ3n) is 2.03. The molecule has 0 saturated carbocycles. The zero-order valence-electron chi connectivity index (χ0n) is 8.68. The first-order valence-electron chi connectivity index (χ1n) is 4.92. The minimum absolute atomic E-state index is 0.0288. The Morgan fingerprint density at radius 2 is 2.00 bits per heavy atom. The lowest BCUT2D eigenvalue weighted by molar-refractivity contribution is -0.148. The number of hydrogen-bond donors (Lipinski definition) is 0. The van der Waals surface area contributed by atoms with Crippen LogP contribution in [0, 0.1) is 5.92 Å². The van der Waals surface area contributed by atoms with Crippen molar-refractivity contribution >= 4 is 17.6 Å². The van der Waals surface area contributed by atoms with Crippen molar-refractivity contribution < 1.29 is 9.53 Å². The van der Waals surface area contributed by atoms with E-state index in [-0.39, 0.29) is 17.3 Å². The number of ether oxygens (including phenoxy) is 1. The molecule has 0 aromatic rings. The van der Waals surface area contributed by atoms with Gasteiger partial charge in [0.1, 0.15) is 0 Å². The fraction of sp³-hybridized carbons (Fsp3) is 0.900. The normalized spacial score (nSPS) is 15.1. The van der Waals surface area contributed by atoms with Gasteiger partial charge in [-0.15, -0.1) is 11.6 Å². The number of halogens is 1. The second kappa shape index (κ2) is 7.19. The van der Waals surface area contributed by atoms with Gasteiger partial charge < -0.3 is 4.74 Å². The summed E-state index contributed by atoms with van der Waals surface area (Å²) in [7, 11) is 0. The largest absolute Gasteiger partial charge is 0.466 e. The van der Waals surface area contributed by atoms with Gasteiger partial charge in [0.25, 0.3) is 0 Å². The van der Waals surface area contributed by atoms with Crippen LogP contribution < -0.4 is 0 Å². The molecule has 0 saturated heterocycles. The molecule has 0 rings (SSSR count). The van der Waals surface area contributed by atoms with Gasteiger partial charge in [-0.05, 0) is 33.1 Å². The summed E-state index contributed by atoms with van der Waals surface area (Å²) < 4.78 is 4.95. The minimum Gasteiger partial charge on any atom is -0.466 e. The number of rotatable bonds is 6. The van der Waals surface area contributed by atoms with Gasteiger partial charge in [0.05, 0.1) is 12.5 Å². The van der Waals surface area contributed by atoms with Crippen LogP contribution in [-0.2, 0) is 9.53 Å². The Morgan fingerprint density at radius 3 is 2.38 bits per heavy atom. The summed E-state index contributed by atoms with van der Waals surface area (Å²) in [5.74, 6) is -0.0523. The van der Waals surface area contributed by atoms with Crippen LogP contribution in [0.3, 0.4) is 0 Å². The van der Waals surface area contributed by atoms with Gasteiger partial charge in [-0.1, -0.05) is 6.92 Å². The van der Waals surface area contributed by atoms with E-state index in [1.165, 1.54) is 0 Å². The summed E-state index contributed by atoms with van der Waals surface area (Å²) in [5.41, 5.74) is 0. The number of carbonyl (C=O) groups excluding carboxylic acids is 1. The quantitative estimate of drug-likeness (QED) is 0.494. The van der Waals surface area contributed by atoms with Gasteiger partial charge in [0.15, 0.2) is 0 Å². The highest BCUT2D eigenvalue weighted by Gasteiger charge is 2.17. The lowest BCUT2D eigenvalue weighted by Crippen LogP contribution is -2.17. The standard InChI is InChI=1S/C10H19ClO2/c1-4-9(7-6-8(3)11)10(12)13-5-2/h8-9H,4-7H2,1-3H3. The molecule has 0 bridgehead atoms. The number of esters is 1. The van der Waals surface area contributed by atoms with Crippen molar-refractivity contribution in [2.24, 2.45) is 5.92 Å². The molecule has 2 atom stereocenters. The van der Waals surface area contributed by atoms with Crippen LogP contribution in [-0.4, -0.2) is 18.0 Å². The lowest BCUT2D eigenvalue weighted by atomic mass is 10.00. The molecule has 2 unspecified atom stereocenters. The zero-order valence-corrected chi connectivity index (χ0v) is 9.43. The molecule has 0 N–H and O–H groups in total. The Kier molecular flexibility index (Phi) is 7.06. The fourth-order valence-corrected chi connectivity index (χ4v) is 1.31. The maximum Gasteiger partial charge on any atom is 0.308 e. The third-order valence-corrected chi connectivity index (χ3v) is 2.24. The Hall–Kier alpha value is -0.240. The molecule has 0 heterocycles. The molecule has 0 amide bonds. The van der Waals surface area contributed by atoms with E-state index in [0.29, 0.717) is 6.61 Å². The molecule has 0 aromatic heterocycles. The maximum absolute atomic E-state index is 11.3. The Balaban J connectivity index is 3.80. The monoisotopic (exact) mass is 206 g/mol. The van der Waals surface area contributed by atoms with E-state index in [0.717, 1.165) is 19.3 Å². The van der Waals surface area contributed by atoms with Crippen LogP contribution >= 0.6 is 11.6 Å². The Bertz CT molecular complexity index is 146. The molecule has 0 spiro atoms. The summed E-state index contributed by atoms with van der Waals surface area (Å²) in [4.78, 5) is 11.3. The lowest BCUT2D eigenvalue weighted by Gasteiger charge is -2.13. The molecule has 0 aromatic carbocycles. The van der Waals surface area contributed by atoms with Crippen molar-refractivity contribution in [3.63, 3.8) is 0 Å². The predicted octanol–water partition coefficient (Wildman–Crippen LogP) is 2.98. The number of alkyl halides is 1. The van der Waals surface area contributed by atoms with Gasteiger partial charge in [-0.25, -0.2) is 0 Å². The average Bonchev–Trinajstić information content (AvgIpc) is 2.05. The molecule has 0 aliphatic heterocycles.